The molecular formula is C16H19N3O5. The zero-order chi connectivity index (χ0) is 17.7. The first-order chi connectivity index (χ1) is 11.4. The molecule has 128 valence electrons. The maximum Gasteiger partial charge on any atom is 0.328 e. The molecule has 2 aromatic rings. The Morgan fingerprint density at radius 1 is 1.25 bits per heavy atom. The number of carbonyl (C=O) groups excluding carboxylic acids is 2. The molecule has 0 bridgehead atoms. The molecule has 8 heteroatoms. The minimum absolute atomic E-state index is 0.0179. The van der Waals surface area contributed by atoms with Crippen molar-refractivity contribution in [3.63, 3.8) is 0 Å². The standard InChI is InChI=1S/C16H19N3O5/c1-3-10(2)17-13(20)9-24-14(21)8-19-16(23)12-7-5-4-6-11(12)15(22)18-19/h4-7,10H,3,8-9H2,1-2H3,(H,17,20)(H,18,22)/t10-/m0/s1. The first kappa shape index (κ1) is 17.5. The average Bonchev–Trinajstić information content (AvgIpc) is 2.57. The Kier molecular flexibility index (Phi) is 5.51. The molecule has 0 aliphatic heterocycles. The number of carbonyl (C=O) groups is 2. The number of fused-ring (bicyclic) bond motifs is 1. The van der Waals surface area contributed by atoms with E-state index in [1.165, 1.54) is 12.1 Å². The zero-order valence-electron chi connectivity index (χ0n) is 13.5. The van der Waals surface area contributed by atoms with Crippen LogP contribution in [-0.2, 0) is 20.9 Å². The van der Waals surface area contributed by atoms with E-state index in [-0.39, 0.29) is 16.8 Å². The second-order valence-corrected chi connectivity index (χ2v) is 5.42. The number of esters is 1. The lowest BCUT2D eigenvalue weighted by atomic mass is 10.2. The van der Waals surface area contributed by atoms with Crippen LogP contribution in [0, 0.1) is 0 Å². The third-order valence-corrected chi connectivity index (χ3v) is 3.55. The molecule has 8 nitrogen and oxygen atoms in total. The molecule has 1 aromatic carbocycles. The summed E-state index contributed by atoms with van der Waals surface area (Å²) in [5, 5.41) is 5.44. The number of benzene rings is 1. The fraction of sp³-hybridized carbons (Fsp3) is 0.375. The lowest BCUT2D eigenvalue weighted by Gasteiger charge is -2.11. The molecule has 0 fully saturated rings. The van der Waals surface area contributed by atoms with Gasteiger partial charge in [-0.25, -0.2) is 4.68 Å². The van der Waals surface area contributed by atoms with Gasteiger partial charge in [-0.2, -0.15) is 0 Å². The lowest BCUT2D eigenvalue weighted by molar-refractivity contribution is -0.149. The van der Waals surface area contributed by atoms with Crippen LogP contribution >= 0.6 is 0 Å². The molecule has 0 unspecified atom stereocenters. The van der Waals surface area contributed by atoms with Crippen molar-refractivity contribution in [2.24, 2.45) is 0 Å². The zero-order valence-corrected chi connectivity index (χ0v) is 13.5. The molecule has 2 N–H and O–H groups in total. The van der Waals surface area contributed by atoms with E-state index in [1.54, 1.807) is 12.1 Å². The van der Waals surface area contributed by atoms with Crippen molar-refractivity contribution in [3.8, 4) is 0 Å². The number of hydrogen-bond donors (Lipinski definition) is 2. The molecular weight excluding hydrogens is 314 g/mol. The maximum atomic E-state index is 12.2. The molecule has 2 rings (SSSR count). The number of hydrogen-bond acceptors (Lipinski definition) is 5. The summed E-state index contributed by atoms with van der Waals surface area (Å²) in [7, 11) is 0. The van der Waals surface area contributed by atoms with E-state index in [2.05, 4.69) is 10.4 Å². The fourth-order valence-corrected chi connectivity index (χ4v) is 2.10. The van der Waals surface area contributed by atoms with Crippen LogP contribution in [0.4, 0.5) is 0 Å². The Balaban J connectivity index is 2.06. The van der Waals surface area contributed by atoms with Crippen LogP contribution in [-0.4, -0.2) is 34.3 Å². The summed E-state index contributed by atoms with van der Waals surface area (Å²) in [5.41, 5.74) is -0.987. The predicted molar refractivity (Wildman–Crippen MR) is 87.7 cm³/mol. The van der Waals surface area contributed by atoms with E-state index in [1.807, 2.05) is 13.8 Å². The Morgan fingerprint density at radius 2 is 1.92 bits per heavy atom. The number of aromatic amines is 1. The normalized spacial score (nSPS) is 11.9. The van der Waals surface area contributed by atoms with E-state index in [0.717, 1.165) is 11.1 Å². The molecule has 0 aliphatic carbocycles. The topological polar surface area (TPSA) is 110 Å². The van der Waals surface area contributed by atoms with Crippen molar-refractivity contribution in [2.75, 3.05) is 6.61 Å². The van der Waals surface area contributed by atoms with Crippen LogP contribution in [0.3, 0.4) is 0 Å². The van der Waals surface area contributed by atoms with Crippen LogP contribution < -0.4 is 16.4 Å². The Morgan fingerprint density at radius 3 is 2.58 bits per heavy atom. The van der Waals surface area contributed by atoms with Gasteiger partial charge in [0.25, 0.3) is 17.0 Å². The van der Waals surface area contributed by atoms with Gasteiger partial charge in [0, 0.05) is 6.04 Å². The van der Waals surface area contributed by atoms with Crippen molar-refractivity contribution >= 4 is 22.6 Å². The van der Waals surface area contributed by atoms with E-state index < -0.39 is 36.1 Å². The predicted octanol–water partition coefficient (Wildman–Crippen LogP) is 0.148. The van der Waals surface area contributed by atoms with Gasteiger partial charge >= 0.3 is 5.97 Å². The summed E-state index contributed by atoms with van der Waals surface area (Å²) < 4.78 is 5.70. The van der Waals surface area contributed by atoms with Crippen LogP contribution in [0.1, 0.15) is 20.3 Å². The number of aromatic nitrogens is 2. The lowest BCUT2D eigenvalue weighted by Crippen LogP contribution is -2.37. The number of H-pyrrole nitrogens is 1. The maximum absolute atomic E-state index is 12.2. The van der Waals surface area contributed by atoms with Gasteiger partial charge in [-0.15, -0.1) is 0 Å². The number of rotatable bonds is 6. The summed E-state index contributed by atoms with van der Waals surface area (Å²) in [4.78, 5) is 47.5. The first-order valence-electron chi connectivity index (χ1n) is 7.59. The van der Waals surface area contributed by atoms with E-state index in [9.17, 15) is 19.2 Å². The third-order valence-electron chi connectivity index (χ3n) is 3.55. The number of amides is 1. The molecule has 0 saturated carbocycles. The minimum Gasteiger partial charge on any atom is -0.454 e. The number of ether oxygens (including phenoxy) is 1. The summed E-state index contributed by atoms with van der Waals surface area (Å²) in [6.07, 6.45) is 0.757. The summed E-state index contributed by atoms with van der Waals surface area (Å²) >= 11 is 0. The van der Waals surface area contributed by atoms with E-state index >= 15 is 0 Å². The highest BCUT2D eigenvalue weighted by molar-refractivity contribution is 5.81. The van der Waals surface area contributed by atoms with Gasteiger partial charge in [0.2, 0.25) is 0 Å². The smallest absolute Gasteiger partial charge is 0.328 e. The van der Waals surface area contributed by atoms with Crippen molar-refractivity contribution in [3.05, 3.63) is 45.0 Å². The molecule has 1 aromatic heterocycles. The van der Waals surface area contributed by atoms with Crippen molar-refractivity contribution in [1.29, 1.82) is 0 Å². The van der Waals surface area contributed by atoms with Gasteiger partial charge in [0.1, 0.15) is 6.54 Å². The van der Waals surface area contributed by atoms with Gasteiger partial charge in [0.15, 0.2) is 6.61 Å². The number of nitrogens with zero attached hydrogens (tertiary/aromatic N) is 1. The Labute approximate surface area is 137 Å². The third kappa shape index (κ3) is 4.09. The highest BCUT2D eigenvalue weighted by Gasteiger charge is 2.13. The van der Waals surface area contributed by atoms with E-state index in [0.29, 0.717) is 0 Å². The molecule has 0 radical (unpaired) electrons. The Bertz CT molecular complexity index is 868. The van der Waals surface area contributed by atoms with Gasteiger partial charge in [-0.1, -0.05) is 19.1 Å². The summed E-state index contributed by atoms with van der Waals surface area (Å²) in [6, 6.07) is 6.29. The first-order valence-corrected chi connectivity index (χ1v) is 7.59. The number of nitrogens with one attached hydrogen (secondary N) is 2. The SMILES string of the molecule is CC[C@H](C)NC(=O)COC(=O)Cn1[nH]c(=O)c2ccccc2c1=O. The van der Waals surface area contributed by atoms with Gasteiger partial charge < -0.3 is 10.1 Å². The molecule has 0 aliphatic rings. The summed E-state index contributed by atoms with van der Waals surface area (Å²) in [6.45, 7) is 2.84. The van der Waals surface area contributed by atoms with Crippen molar-refractivity contribution in [2.45, 2.75) is 32.9 Å². The molecule has 0 spiro atoms. The van der Waals surface area contributed by atoms with Gasteiger partial charge in [-0.05, 0) is 25.5 Å². The quantitative estimate of drug-likeness (QED) is 0.731. The van der Waals surface area contributed by atoms with Gasteiger partial charge in [-0.3, -0.25) is 24.3 Å². The molecule has 0 saturated heterocycles. The monoisotopic (exact) mass is 333 g/mol. The molecule has 1 atom stereocenters. The summed E-state index contributed by atoms with van der Waals surface area (Å²) in [5.74, 6) is -1.21. The second kappa shape index (κ2) is 7.58. The van der Waals surface area contributed by atoms with Crippen LogP contribution in [0.2, 0.25) is 0 Å². The Hall–Kier alpha value is -2.90. The molecule has 1 amide bonds. The van der Waals surface area contributed by atoms with Crippen LogP contribution in [0.15, 0.2) is 33.9 Å². The van der Waals surface area contributed by atoms with Gasteiger partial charge in [0.05, 0.1) is 10.8 Å². The molecule has 1 heterocycles. The largest absolute Gasteiger partial charge is 0.454 e. The highest BCUT2D eigenvalue weighted by atomic mass is 16.5. The minimum atomic E-state index is -0.790. The van der Waals surface area contributed by atoms with Crippen LogP contribution in [0.5, 0.6) is 0 Å². The second-order valence-electron chi connectivity index (χ2n) is 5.42. The molecule has 24 heavy (non-hydrogen) atoms. The van der Waals surface area contributed by atoms with Crippen molar-refractivity contribution < 1.29 is 14.3 Å². The average molecular weight is 333 g/mol. The fourth-order valence-electron chi connectivity index (χ4n) is 2.10. The van der Waals surface area contributed by atoms with E-state index in [4.69, 9.17) is 4.74 Å². The van der Waals surface area contributed by atoms with Crippen LogP contribution in [0.25, 0.3) is 10.8 Å². The van der Waals surface area contributed by atoms with Crippen molar-refractivity contribution in [1.82, 2.24) is 15.1 Å². The highest BCUT2D eigenvalue weighted by Crippen LogP contribution is 2.02.